The van der Waals surface area contributed by atoms with Crippen LogP contribution in [0.5, 0.6) is 0 Å². The third-order valence-corrected chi connectivity index (χ3v) is 3.04. The van der Waals surface area contributed by atoms with E-state index < -0.39 is 0 Å². The molecule has 0 unspecified atom stereocenters. The molecule has 0 spiro atoms. The van der Waals surface area contributed by atoms with Crippen molar-refractivity contribution in [1.29, 1.82) is 0 Å². The monoisotopic (exact) mass is 257 g/mol. The first-order chi connectivity index (χ1) is 9.00. The zero-order chi connectivity index (χ0) is 14.0. The fourth-order valence-electron chi connectivity index (χ4n) is 1.74. The summed E-state index contributed by atoms with van der Waals surface area (Å²) in [5.41, 5.74) is 1.87. The number of nitrogens with zero attached hydrogens (tertiary/aromatic N) is 3. The molecule has 0 saturated heterocycles. The Morgan fingerprint density at radius 3 is 2.32 bits per heavy atom. The standard InChI is InChI=1S/C14H15N3O2/c1-10(18)17(3)12-6-4-11(5-7-12)14(19)13-8-15-9-16(13)2/h4-9H,1-3H3. The molecule has 2 aromatic rings. The number of aryl methyl sites for hydroxylation is 1. The zero-order valence-electron chi connectivity index (χ0n) is 11.1. The van der Waals surface area contributed by atoms with Gasteiger partial charge in [0.05, 0.1) is 12.5 Å². The number of ketones is 1. The first-order valence-electron chi connectivity index (χ1n) is 5.86. The third kappa shape index (κ3) is 2.54. The Morgan fingerprint density at radius 2 is 1.84 bits per heavy atom. The quantitative estimate of drug-likeness (QED) is 0.785. The Hall–Kier alpha value is -2.43. The van der Waals surface area contributed by atoms with Crippen molar-refractivity contribution in [2.75, 3.05) is 11.9 Å². The van der Waals surface area contributed by atoms with E-state index in [0.717, 1.165) is 5.69 Å². The largest absolute Gasteiger partial charge is 0.331 e. The lowest BCUT2D eigenvalue weighted by molar-refractivity contribution is -0.116. The molecular weight excluding hydrogens is 242 g/mol. The highest BCUT2D eigenvalue weighted by atomic mass is 16.2. The summed E-state index contributed by atoms with van der Waals surface area (Å²) in [6.45, 7) is 1.49. The van der Waals surface area contributed by atoms with Gasteiger partial charge < -0.3 is 9.47 Å². The molecule has 1 aromatic heterocycles. The Kier molecular flexibility index (Phi) is 3.46. The number of hydrogen-bond acceptors (Lipinski definition) is 3. The van der Waals surface area contributed by atoms with Gasteiger partial charge in [0.25, 0.3) is 0 Å². The number of imidazole rings is 1. The number of carbonyl (C=O) groups excluding carboxylic acids is 2. The smallest absolute Gasteiger partial charge is 0.223 e. The average Bonchev–Trinajstić information content (AvgIpc) is 2.83. The predicted octanol–water partition coefficient (Wildman–Crippen LogP) is 1.63. The molecular formula is C14H15N3O2. The molecule has 0 aliphatic rings. The van der Waals surface area contributed by atoms with Gasteiger partial charge in [-0.25, -0.2) is 4.98 Å². The van der Waals surface area contributed by atoms with Crippen molar-refractivity contribution in [1.82, 2.24) is 9.55 Å². The molecule has 5 nitrogen and oxygen atoms in total. The van der Waals surface area contributed by atoms with E-state index in [2.05, 4.69) is 4.98 Å². The van der Waals surface area contributed by atoms with Crippen molar-refractivity contribution >= 4 is 17.4 Å². The normalized spacial score (nSPS) is 10.3. The molecule has 1 aromatic carbocycles. The second-order valence-corrected chi connectivity index (χ2v) is 4.34. The lowest BCUT2D eigenvalue weighted by Gasteiger charge is -2.15. The van der Waals surface area contributed by atoms with Crippen LogP contribution in [0.25, 0.3) is 0 Å². The number of aromatic nitrogens is 2. The molecule has 5 heteroatoms. The van der Waals surface area contributed by atoms with Gasteiger partial charge in [0.2, 0.25) is 11.7 Å². The van der Waals surface area contributed by atoms with Crippen LogP contribution in [0.3, 0.4) is 0 Å². The van der Waals surface area contributed by atoms with E-state index in [1.165, 1.54) is 18.0 Å². The van der Waals surface area contributed by atoms with Crippen LogP contribution in [0, 0.1) is 0 Å². The maximum Gasteiger partial charge on any atom is 0.223 e. The average molecular weight is 257 g/mol. The van der Waals surface area contributed by atoms with Crippen LogP contribution in [0.15, 0.2) is 36.8 Å². The van der Waals surface area contributed by atoms with E-state index in [1.807, 2.05) is 0 Å². The highest BCUT2D eigenvalue weighted by Crippen LogP contribution is 2.16. The van der Waals surface area contributed by atoms with Crippen molar-refractivity contribution in [2.45, 2.75) is 6.92 Å². The Balaban J connectivity index is 2.26. The molecule has 1 heterocycles. The van der Waals surface area contributed by atoms with Crippen LogP contribution in [0.2, 0.25) is 0 Å². The molecule has 0 atom stereocenters. The lowest BCUT2D eigenvalue weighted by Crippen LogP contribution is -2.22. The van der Waals surface area contributed by atoms with Crippen LogP contribution in [-0.2, 0) is 11.8 Å². The van der Waals surface area contributed by atoms with Gasteiger partial charge in [0.1, 0.15) is 5.69 Å². The van der Waals surface area contributed by atoms with Gasteiger partial charge in [-0.05, 0) is 24.3 Å². The number of amides is 1. The summed E-state index contributed by atoms with van der Waals surface area (Å²) in [5.74, 6) is -0.136. The van der Waals surface area contributed by atoms with Crippen molar-refractivity contribution in [3.8, 4) is 0 Å². The topological polar surface area (TPSA) is 55.2 Å². The molecule has 0 bridgehead atoms. The summed E-state index contributed by atoms with van der Waals surface area (Å²) in [7, 11) is 3.47. The predicted molar refractivity (Wildman–Crippen MR) is 72.2 cm³/mol. The number of anilines is 1. The number of rotatable bonds is 3. The molecule has 0 aliphatic carbocycles. The van der Waals surface area contributed by atoms with Gasteiger partial charge in [-0.3, -0.25) is 9.59 Å². The Labute approximate surface area is 111 Å². The molecule has 0 fully saturated rings. The molecule has 0 radical (unpaired) electrons. The second kappa shape index (κ2) is 5.06. The molecule has 98 valence electrons. The van der Waals surface area contributed by atoms with Crippen molar-refractivity contribution in [3.05, 3.63) is 48.0 Å². The minimum atomic E-state index is -0.0861. The van der Waals surface area contributed by atoms with Crippen LogP contribution >= 0.6 is 0 Å². The van der Waals surface area contributed by atoms with Crippen molar-refractivity contribution in [3.63, 3.8) is 0 Å². The third-order valence-electron chi connectivity index (χ3n) is 3.04. The zero-order valence-corrected chi connectivity index (χ0v) is 11.1. The van der Waals surface area contributed by atoms with Crippen molar-refractivity contribution < 1.29 is 9.59 Å². The van der Waals surface area contributed by atoms with Gasteiger partial charge in [0.15, 0.2) is 0 Å². The van der Waals surface area contributed by atoms with Gasteiger partial charge in [0, 0.05) is 32.3 Å². The number of carbonyl (C=O) groups is 2. The van der Waals surface area contributed by atoms with Crippen molar-refractivity contribution in [2.24, 2.45) is 7.05 Å². The van der Waals surface area contributed by atoms with E-state index >= 15 is 0 Å². The van der Waals surface area contributed by atoms with Gasteiger partial charge in [-0.1, -0.05) is 0 Å². The minimum Gasteiger partial charge on any atom is -0.331 e. The van der Waals surface area contributed by atoms with Crippen LogP contribution in [0.4, 0.5) is 5.69 Å². The molecule has 0 N–H and O–H groups in total. The Morgan fingerprint density at radius 1 is 1.21 bits per heavy atom. The first kappa shape index (κ1) is 13.0. The summed E-state index contributed by atoms with van der Waals surface area (Å²) in [5, 5.41) is 0. The SMILES string of the molecule is CC(=O)N(C)c1ccc(C(=O)c2cncn2C)cc1. The number of benzene rings is 1. The fraction of sp³-hybridized carbons (Fsp3) is 0.214. The van der Waals surface area contributed by atoms with Gasteiger partial charge in [-0.2, -0.15) is 0 Å². The summed E-state index contributed by atoms with van der Waals surface area (Å²) >= 11 is 0. The van der Waals surface area contributed by atoms with Crippen LogP contribution < -0.4 is 4.90 Å². The molecule has 1 amide bonds. The van der Waals surface area contributed by atoms with E-state index in [0.29, 0.717) is 11.3 Å². The molecule has 19 heavy (non-hydrogen) atoms. The lowest BCUT2D eigenvalue weighted by atomic mass is 10.1. The highest BCUT2D eigenvalue weighted by molar-refractivity contribution is 6.08. The second-order valence-electron chi connectivity index (χ2n) is 4.34. The number of hydrogen-bond donors (Lipinski definition) is 0. The maximum absolute atomic E-state index is 12.2. The van der Waals surface area contributed by atoms with E-state index in [1.54, 1.807) is 49.3 Å². The van der Waals surface area contributed by atoms with E-state index in [9.17, 15) is 9.59 Å². The van der Waals surface area contributed by atoms with Crippen LogP contribution in [-0.4, -0.2) is 28.3 Å². The summed E-state index contributed by atoms with van der Waals surface area (Å²) in [6, 6.07) is 6.93. The first-order valence-corrected chi connectivity index (χ1v) is 5.86. The molecule has 0 saturated carbocycles. The fourth-order valence-corrected chi connectivity index (χ4v) is 1.74. The van der Waals surface area contributed by atoms with E-state index in [4.69, 9.17) is 0 Å². The van der Waals surface area contributed by atoms with Gasteiger partial charge >= 0.3 is 0 Å². The Bertz CT molecular complexity index is 614. The summed E-state index contributed by atoms with van der Waals surface area (Å²) in [4.78, 5) is 28.9. The summed E-state index contributed by atoms with van der Waals surface area (Å²) in [6.07, 6.45) is 3.13. The van der Waals surface area contributed by atoms with E-state index in [-0.39, 0.29) is 11.7 Å². The summed E-state index contributed by atoms with van der Waals surface area (Å²) < 4.78 is 1.68. The molecule has 0 aliphatic heterocycles. The minimum absolute atomic E-state index is 0.0503. The molecule has 2 rings (SSSR count). The van der Waals surface area contributed by atoms with Gasteiger partial charge in [-0.15, -0.1) is 0 Å². The maximum atomic E-state index is 12.2. The highest BCUT2D eigenvalue weighted by Gasteiger charge is 2.13. The van der Waals surface area contributed by atoms with Crippen LogP contribution in [0.1, 0.15) is 23.0 Å².